The monoisotopic (exact) mass is 204 g/mol. The molecule has 0 aromatic rings. The van der Waals surface area contributed by atoms with Gasteiger partial charge >= 0.3 is 0 Å². The number of hydrogen-bond donors (Lipinski definition) is 2. The van der Waals surface area contributed by atoms with E-state index >= 15 is 0 Å². The molecule has 1 amide bonds. The molecule has 0 heterocycles. The molecule has 0 saturated carbocycles. The topological polar surface area (TPSA) is 73.1 Å². The molecule has 78 valence electrons. The van der Waals surface area contributed by atoms with E-state index in [-0.39, 0.29) is 18.9 Å². The lowest BCUT2D eigenvalue weighted by Gasteiger charge is -2.00. The summed E-state index contributed by atoms with van der Waals surface area (Å²) in [6.45, 7) is -0.130. The van der Waals surface area contributed by atoms with Gasteiger partial charge in [0.05, 0.1) is 6.61 Å². The van der Waals surface area contributed by atoms with Crippen LogP contribution in [0.15, 0.2) is 23.8 Å². The smallest absolute Gasteiger partial charge is 0.233 e. The van der Waals surface area contributed by atoms with Crippen LogP contribution in [-0.2, 0) is 4.79 Å². The molecule has 0 aromatic carbocycles. The number of aliphatic hydroxyl groups is 1. The fraction of sp³-hybridized carbons (Fsp3) is 0.273. The number of terminal acetylenes is 1. The van der Waals surface area contributed by atoms with Crippen LogP contribution < -0.4 is 5.32 Å². The maximum absolute atomic E-state index is 10.9. The molecule has 0 spiro atoms. The van der Waals surface area contributed by atoms with Gasteiger partial charge in [0.1, 0.15) is 0 Å². The Labute approximate surface area is 88.9 Å². The molecule has 0 aliphatic heterocycles. The third-order valence-corrected chi connectivity index (χ3v) is 1.60. The average molecular weight is 204 g/mol. The summed E-state index contributed by atoms with van der Waals surface area (Å²) in [5.74, 6) is 1.94. The van der Waals surface area contributed by atoms with Crippen molar-refractivity contribution in [2.45, 2.75) is 12.8 Å². The van der Waals surface area contributed by atoms with Gasteiger partial charge in [-0.3, -0.25) is 10.1 Å². The molecule has 0 radical (unpaired) electrons. The van der Waals surface area contributed by atoms with Crippen LogP contribution in [0.5, 0.6) is 0 Å². The minimum atomic E-state index is -0.363. The first-order valence-electron chi connectivity index (χ1n) is 4.34. The number of hydrogen-bond acceptors (Lipinski definition) is 3. The van der Waals surface area contributed by atoms with Gasteiger partial charge in [-0.15, -0.1) is 6.42 Å². The van der Waals surface area contributed by atoms with Crippen LogP contribution in [0, 0.1) is 23.8 Å². The van der Waals surface area contributed by atoms with Gasteiger partial charge in [0.15, 0.2) is 6.19 Å². The average Bonchev–Trinajstić information content (AvgIpc) is 2.23. The highest BCUT2D eigenvalue weighted by Crippen LogP contribution is 2.04. The number of rotatable bonds is 5. The van der Waals surface area contributed by atoms with Gasteiger partial charge in [-0.25, -0.2) is 0 Å². The van der Waals surface area contributed by atoms with E-state index in [1.165, 1.54) is 12.3 Å². The summed E-state index contributed by atoms with van der Waals surface area (Å²) < 4.78 is 0. The van der Waals surface area contributed by atoms with Gasteiger partial charge in [-0.1, -0.05) is 18.1 Å². The number of aliphatic hydroxyl groups excluding tert-OH is 1. The van der Waals surface area contributed by atoms with Crippen molar-refractivity contribution in [3.63, 3.8) is 0 Å². The quantitative estimate of drug-likeness (QED) is 0.296. The largest absolute Gasteiger partial charge is 0.392 e. The lowest BCUT2D eigenvalue weighted by Crippen LogP contribution is -2.17. The Balaban J connectivity index is 4.08. The second kappa shape index (κ2) is 8.55. The van der Waals surface area contributed by atoms with Gasteiger partial charge in [-0.05, 0) is 18.1 Å². The molecule has 4 nitrogen and oxygen atoms in total. The zero-order valence-corrected chi connectivity index (χ0v) is 8.23. The van der Waals surface area contributed by atoms with E-state index in [0.717, 1.165) is 0 Å². The van der Waals surface area contributed by atoms with Crippen molar-refractivity contribution >= 4 is 5.91 Å². The maximum atomic E-state index is 10.9. The summed E-state index contributed by atoms with van der Waals surface area (Å²) in [7, 11) is 0. The van der Waals surface area contributed by atoms with Crippen LogP contribution in [0.4, 0.5) is 0 Å². The Morgan fingerprint density at radius 2 is 2.27 bits per heavy atom. The van der Waals surface area contributed by atoms with Crippen LogP contribution in [0.2, 0.25) is 0 Å². The molecule has 0 aliphatic carbocycles. The molecular formula is C11H12N2O2. The fourth-order valence-corrected chi connectivity index (χ4v) is 0.854. The molecule has 0 aliphatic rings. The number of carbonyl (C=O) groups excluding carboxylic acids is 1. The zero-order chi connectivity index (χ0) is 11.5. The number of nitrogens with one attached hydrogen (secondary N) is 1. The summed E-state index contributed by atoms with van der Waals surface area (Å²) in [6, 6.07) is 0. The molecule has 15 heavy (non-hydrogen) atoms. The molecule has 0 aromatic heterocycles. The predicted molar refractivity (Wildman–Crippen MR) is 56.1 cm³/mol. The lowest BCUT2D eigenvalue weighted by molar-refractivity contribution is -0.119. The summed E-state index contributed by atoms with van der Waals surface area (Å²) in [6.07, 6.45) is 11.9. The number of allylic oxidation sites excluding steroid dienone is 3. The highest BCUT2D eigenvalue weighted by molar-refractivity contribution is 5.77. The zero-order valence-electron chi connectivity index (χ0n) is 8.23. The first-order valence-corrected chi connectivity index (χ1v) is 4.34. The molecular weight excluding hydrogens is 192 g/mol. The van der Waals surface area contributed by atoms with E-state index in [4.69, 9.17) is 16.8 Å². The van der Waals surface area contributed by atoms with E-state index in [9.17, 15) is 4.79 Å². The Morgan fingerprint density at radius 3 is 2.80 bits per heavy atom. The van der Waals surface area contributed by atoms with Gasteiger partial charge in [0.25, 0.3) is 0 Å². The van der Waals surface area contributed by atoms with Gasteiger partial charge in [-0.2, -0.15) is 5.26 Å². The van der Waals surface area contributed by atoms with Crippen LogP contribution in [-0.4, -0.2) is 17.6 Å². The van der Waals surface area contributed by atoms with Gasteiger partial charge < -0.3 is 5.11 Å². The van der Waals surface area contributed by atoms with Gasteiger partial charge in [0, 0.05) is 6.42 Å². The number of amides is 1. The Kier molecular flexibility index (Phi) is 7.39. The lowest BCUT2D eigenvalue weighted by atomic mass is 10.1. The standard InChI is InChI=1S/C11H12N2O2/c1-2-3-4-5-10(8-14)6-7-11(15)13-9-12/h1,3-5,14H,6-8H2,(H,13,15)/b4-3-,10-5-. The van der Waals surface area contributed by atoms with E-state index in [1.807, 2.05) is 5.32 Å². The molecule has 0 saturated heterocycles. The van der Waals surface area contributed by atoms with Crippen LogP contribution in [0.1, 0.15) is 12.8 Å². The van der Waals surface area contributed by atoms with Crippen molar-refractivity contribution in [3.05, 3.63) is 23.8 Å². The van der Waals surface area contributed by atoms with Gasteiger partial charge in [0.2, 0.25) is 5.91 Å². The molecule has 0 rings (SSSR count). The number of nitriles is 1. The minimum Gasteiger partial charge on any atom is -0.392 e. The second-order valence-corrected chi connectivity index (χ2v) is 2.67. The molecule has 2 N–H and O–H groups in total. The van der Waals surface area contributed by atoms with Crippen molar-refractivity contribution in [2.75, 3.05) is 6.61 Å². The van der Waals surface area contributed by atoms with E-state index in [2.05, 4.69) is 5.92 Å². The Bertz CT molecular complexity index is 343. The SMILES string of the molecule is C#C/C=C\C=C(/CO)CCC(=O)NC#N. The van der Waals surface area contributed by atoms with Crippen molar-refractivity contribution in [1.82, 2.24) is 5.32 Å². The Morgan fingerprint density at radius 1 is 1.53 bits per heavy atom. The minimum absolute atomic E-state index is 0.130. The molecule has 4 heteroatoms. The maximum Gasteiger partial charge on any atom is 0.233 e. The number of carbonyl (C=O) groups is 1. The van der Waals surface area contributed by atoms with Crippen molar-refractivity contribution in [1.29, 1.82) is 5.26 Å². The molecule has 0 bridgehead atoms. The van der Waals surface area contributed by atoms with E-state index < -0.39 is 0 Å². The van der Waals surface area contributed by atoms with Crippen molar-refractivity contribution in [2.24, 2.45) is 0 Å². The summed E-state index contributed by atoms with van der Waals surface area (Å²) in [5.41, 5.74) is 0.689. The third kappa shape index (κ3) is 7.06. The predicted octanol–water partition coefficient (Wildman–Crippen LogP) is 0.472. The molecule has 0 fully saturated rings. The van der Waals surface area contributed by atoms with E-state index in [1.54, 1.807) is 12.2 Å². The van der Waals surface area contributed by atoms with Crippen LogP contribution in [0.3, 0.4) is 0 Å². The first kappa shape index (κ1) is 13.0. The highest BCUT2D eigenvalue weighted by atomic mass is 16.3. The Hall–Kier alpha value is -2.04. The third-order valence-electron chi connectivity index (χ3n) is 1.60. The summed E-state index contributed by atoms with van der Waals surface area (Å²) >= 11 is 0. The van der Waals surface area contributed by atoms with Crippen LogP contribution in [0.25, 0.3) is 0 Å². The molecule has 0 atom stereocenters. The van der Waals surface area contributed by atoms with Crippen LogP contribution >= 0.6 is 0 Å². The van der Waals surface area contributed by atoms with Crippen molar-refractivity contribution < 1.29 is 9.90 Å². The van der Waals surface area contributed by atoms with E-state index in [0.29, 0.717) is 12.0 Å². The number of nitrogens with zero attached hydrogens (tertiary/aromatic N) is 1. The first-order chi connectivity index (χ1) is 7.24. The molecule has 0 unspecified atom stereocenters. The second-order valence-electron chi connectivity index (χ2n) is 2.67. The highest BCUT2D eigenvalue weighted by Gasteiger charge is 2.01. The fourth-order valence-electron chi connectivity index (χ4n) is 0.854. The van der Waals surface area contributed by atoms with Crippen molar-refractivity contribution in [3.8, 4) is 18.5 Å². The summed E-state index contributed by atoms with van der Waals surface area (Å²) in [4.78, 5) is 10.9. The normalized spacial score (nSPS) is 10.7. The summed E-state index contributed by atoms with van der Waals surface area (Å²) in [5, 5.41) is 19.1.